The zero-order valence-corrected chi connectivity index (χ0v) is 14.6. The number of para-hydroxylation sites is 1. The number of nitrogens with one attached hydrogen (secondary N) is 1. The Kier molecular flexibility index (Phi) is 5.41. The number of carbonyl (C=O) groups is 2. The Morgan fingerprint density at radius 1 is 1.08 bits per heavy atom. The summed E-state index contributed by atoms with van der Waals surface area (Å²) < 4.78 is 5.73. The summed E-state index contributed by atoms with van der Waals surface area (Å²) in [6.07, 6.45) is 1.22. The number of hydrogen-bond donors (Lipinski definition) is 2. The minimum atomic E-state index is -0.940. The number of benzene rings is 2. The summed E-state index contributed by atoms with van der Waals surface area (Å²) in [7, 11) is 0. The van der Waals surface area contributed by atoms with Crippen molar-refractivity contribution in [3.05, 3.63) is 54.6 Å². The molecule has 136 valence electrons. The summed E-state index contributed by atoms with van der Waals surface area (Å²) in [5.41, 5.74) is 0.775. The first kappa shape index (κ1) is 17.8. The third-order valence-corrected chi connectivity index (χ3v) is 4.52. The topological polar surface area (TPSA) is 78.9 Å². The van der Waals surface area contributed by atoms with Crippen LogP contribution in [-0.2, 0) is 9.59 Å². The summed E-state index contributed by atoms with van der Waals surface area (Å²) in [5.74, 6) is 0.315. The van der Waals surface area contributed by atoms with E-state index in [2.05, 4.69) is 5.32 Å². The number of carboxylic acids is 1. The van der Waals surface area contributed by atoms with E-state index in [1.54, 1.807) is 0 Å². The quantitative estimate of drug-likeness (QED) is 0.832. The highest BCUT2D eigenvalue weighted by Gasteiger charge is 2.38. The fourth-order valence-corrected chi connectivity index (χ4v) is 3.18. The number of likely N-dealkylation sites (tertiary alicyclic amines) is 1. The van der Waals surface area contributed by atoms with Gasteiger partial charge in [-0.2, -0.15) is 0 Å². The van der Waals surface area contributed by atoms with Gasteiger partial charge in [0, 0.05) is 11.7 Å². The highest BCUT2D eigenvalue weighted by atomic mass is 16.5. The fraction of sp³-hybridized carbons (Fsp3) is 0.300. The van der Waals surface area contributed by atoms with Crippen molar-refractivity contribution in [2.24, 2.45) is 0 Å². The van der Waals surface area contributed by atoms with Crippen molar-refractivity contribution in [3.8, 4) is 11.5 Å². The molecule has 1 aliphatic heterocycles. The van der Waals surface area contributed by atoms with Crippen molar-refractivity contribution in [1.29, 1.82) is 0 Å². The standard InChI is InChI=1S/C20H22N2O4/c1-14-7-12-18(20(24)25)22(14)19(23)13-21-15-8-10-17(11-9-15)26-16-5-3-2-4-6-16/h2-6,8-11,14,18,21H,7,12-13H2,1H3,(H,24,25). The number of nitrogens with zero attached hydrogens (tertiary/aromatic N) is 1. The van der Waals surface area contributed by atoms with Crippen LogP contribution in [0.3, 0.4) is 0 Å². The minimum Gasteiger partial charge on any atom is -0.480 e. The molecule has 2 aromatic rings. The fourth-order valence-electron chi connectivity index (χ4n) is 3.18. The predicted molar refractivity (Wildman–Crippen MR) is 98.4 cm³/mol. The van der Waals surface area contributed by atoms with Gasteiger partial charge in [0.25, 0.3) is 0 Å². The Labute approximate surface area is 152 Å². The summed E-state index contributed by atoms with van der Waals surface area (Å²) in [4.78, 5) is 25.2. The molecule has 0 saturated carbocycles. The van der Waals surface area contributed by atoms with Gasteiger partial charge in [0.1, 0.15) is 17.5 Å². The highest BCUT2D eigenvalue weighted by Crippen LogP contribution is 2.25. The van der Waals surface area contributed by atoms with Crippen LogP contribution >= 0.6 is 0 Å². The van der Waals surface area contributed by atoms with E-state index in [0.29, 0.717) is 18.6 Å². The number of amides is 1. The molecule has 1 aliphatic rings. The maximum absolute atomic E-state index is 12.4. The van der Waals surface area contributed by atoms with Gasteiger partial charge in [-0.1, -0.05) is 18.2 Å². The lowest BCUT2D eigenvalue weighted by Crippen LogP contribution is -2.46. The summed E-state index contributed by atoms with van der Waals surface area (Å²) in [6, 6.07) is 16.0. The van der Waals surface area contributed by atoms with Crippen LogP contribution in [0.4, 0.5) is 5.69 Å². The Hall–Kier alpha value is -3.02. The van der Waals surface area contributed by atoms with E-state index in [0.717, 1.165) is 11.4 Å². The molecule has 26 heavy (non-hydrogen) atoms. The second-order valence-electron chi connectivity index (χ2n) is 6.37. The maximum Gasteiger partial charge on any atom is 0.326 e. The summed E-state index contributed by atoms with van der Waals surface area (Å²) in [6.45, 7) is 1.95. The van der Waals surface area contributed by atoms with Gasteiger partial charge in [-0.25, -0.2) is 4.79 Å². The molecule has 2 unspecified atom stereocenters. The lowest BCUT2D eigenvalue weighted by atomic mass is 10.2. The lowest BCUT2D eigenvalue weighted by molar-refractivity contribution is -0.148. The maximum atomic E-state index is 12.4. The molecule has 1 fully saturated rings. The van der Waals surface area contributed by atoms with Crippen LogP contribution in [0.2, 0.25) is 0 Å². The van der Waals surface area contributed by atoms with E-state index in [9.17, 15) is 14.7 Å². The molecule has 1 saturated heterocycles. The molecule has 0 spiro atoms. The highest BCUT2D eigenvalue weighted by molar-refractivity contribution is 5.87. The number of carboxylic acid groups (broad SMARTS) is 1. The van der Waals surface area contributed by atoms with Crippen molar-refractivity contribution in [3.63, 3.8) is 0 Å². The van der Waals surface area contributed by atoms with Gasteiger partial charge >= 0.3 is 5.97 Å². The van der Waals surface area contributed by atoms with Gasteiger partial charge in [-0.3, -0.25) is 4.79 Å². The molecular weight excluding hydrogens is 332 g/mol. The van der Waals surface area contributed by atoms with E-state index in [-0.39, 0.29) is 18.5 Å². The molecule has 0 aliphatic carbocycles. The monoisotopic (exact) mass is 354 g/mol. The number of anilines is 1. The first-order chi connectivity index (χ1) is 12.5. The van der Waals surface area contributed by atoms with Crippen LogP contribution < -0.4 is 10.1 Å². The Balaban J connectivity index is 1.56. The SMILES string of the molecule is CC1CCC(C(=O)O)N1C(=O)CNc1ccc(Oc2ccccc2)cc1. The number of carbonyl (C=O) groups excluding carboxylic acids is 1. The average molecular weight is 354 g/mol. The van der Waals surface area contributed by atoms with Crippen LogP contribution in [0.25, 0.3) is 0 Å². The Morgan fingerprint density at radius 2 is 1.73 bits per heavy atom. The van der Waals surface area contributed by atoms with Crippen molar-refractivity contribution < 1.29 is 19.4 Å². The van der Waals surface area contributed by atoms with Crippen LogP contribution in [-0.4, -0.2) is 40.5 Å². The van der Waals surface area contributed by atoms with Crippen molar-refractivity contribution >= 4 is 17.6 Å². The van der Waals surface area contributed by atoms with Crippen LogP contribution in [0.15, 0.2) is 54.6 Å². The van der Waals surface area contributed by atoms with Crippen molar-refractivity contribution in [2.45, 2.75) is 31.8 Å². The summed E-state index contributed by atoms with van der Waals surface area (Å²) in [5, 5.41) is 12.3. The molecule has 1 amide bonds. The third kappa shape index (κ3) is 4.14. The zero-order chi connectivity index (χ0) is 18.5. The molecule has 0 radical (unpaired) electrons. The predicted octanol–water partition coefficient (Wildman–Crippen LogP) is 3.35. The van der Waals surface area contributed by atoms with Gasteiger partial charge in [0.2, 0.25) is 5.91 Å². The zero-order valence-electron chi connectivity index (χ0n) is 14.6. The van der Waals surface area contributed by atoms with E-state index < -0.39 is 12.0 Å². The molecule has 2 N–H and O–H groups in total. The van der Waals surface area contributed by atoms with Gasteiger partial charge in [-0.15, -0.1) is 0 Å². The molecule has 0 bridgehead atoms. The molecular formula is C20H22N2O4. The Morgan fingerprint density at radius 3 is 2.38 bits per heavy atom. The Bertz CT molecular complexity index is 761. The third-order valence-electron chi connectivity index (χ3n) is 4.52. The molecule has 6 nitrogen and oxygen atoms in total. The largest absolute Gasteiger partial charge is 0.480 e. The lowest BCUT2D eigenvalue weighted by Gasteiger charge is -2.26. The minimum absolute atomic E-state index is 0.0490. The van der Waals surface area contributed by atoms with Crippen LogP contribution in [0.5, 0.6) is 11.5 Å². The van der Waals surface area contributed by atoms with Crippen LogP contribution in [0.1, 0.15) is 19.8 Å². The number of ether oxygens (including phenoxy) is 1. The van der Waals surface area contributed by atoms with E-state index in [4.69, 9.17) is 4.74 Å². The summed E-state index contributed by atoms with van der Waals surface area (Å²) >= 11 is 0. The number of aliphatic carboxylic acids is 1. The molecule has 3 rings (SSSR count). The molecule has 6 heteroatoms. The molecule has 2 atom stereocenters. The first-order valence-electron chi connectivity index (χ1n) is 8.65. The van der Waals surface area contributed by atoms with E-state index in [1.165, 1.54) is 4.90 Å². The van der Waals surface area contributed by atoms with Gasteiger partial charge < -0.3 is 20.1 Å². The van der Waals surface area contributed by atoms with E-state index in [1.807, 2.05) is 61.5 Å². The first-order valence-corrected chi connectivity index (χ1v) is 8.65. The molecule has 2 aromatic carbocycles. The average Bonchev–Trinajstić information content (AvgIpc) is 3.04. The normalized spacial score (nSPS) is 19.2. The number of hydrogen-bond acceptors (Lipinski definition) is 4. The van der Waals surface area contributed by atoms with Crippen LogP contribution in [0, 0.1) is 0 Å². The van der Waals surface area contributed by atoms with Gasteiger partial charge in [0.15, 0.2) is 0 Å². The van der Waals surface area contributed by atoms with Crippen molar-refractivity contribution in [2.75, 3.05) is 11.9 Å². The van der Waals surface area contributed by atoms with Gasteiger partial charge in [0.05, 0.1) is 6.54 Å². The molecule has 1 heterocycles. The smallest absolute Gasteiger partial charge is 0.326 e. The second-order valence-corrected chi connectivity index (χ2v) is 6.37. The van der Waals surface area contributed by atoms with E-state index >= 15 is 0 Å². The van der Waals surface area contributed by atoms with Crippen molar-refractivity contribution in [1.82, 2.24) is 4.90 Å². The molecule has 0 aromatic heterocycles. The second kappa shape index (κ2) is 7.91. The van der Waals surface area contributed by atoms with Gasteiger partial charge in [-0.05, 0) is 56.2 Å². The number of rotatable bonds is 6.